The van der Waals surface area contributed by atoms with Crippen molar-refractivity contribution in [1.29, 1.82) is 0 Å². The van der Waals surface area contributed by atoms with Gasteiger partial charge in [-0.25, -0.2) is 4.79 Å². The van der Waals surface area contributed by atoms with Crippen LogP contribution in [-0.2, 0) is 17.8 Å². The number of aryl methyl sites for hydroxylation is 1. The van der Waals surface area contributed by atoms with Crippen LogP contribution in [0.5, 0.6) is 5.75 Å². The largest absolute Gasteiger partial charge is 0.481 e. The van der Waals surface area contributed by atoms with Gasteiger partial charge in [-0.3, -0.25) is 4.79 Å². The first-order valence-electron chi connectivity index (χ1n) is 11.7. The van der Waals surface area contributed by atoms with E-state index in [-0.39, 0.29) is 0 Å². The van der Waals surface area contributed by atoms with Crippen molar-refractivity contribution in [2.75, 3.05) is 6.61 Å². The third-order valence-corrected chi connectivity index (χ3v) is 6.30. The minimum atomic E-state index is -1.07. The van der Waals surface area contributed by atoms with Gasteiger partial charge in [0.25, 0.3) is 0 Å². The Bertz CT molecular complexity index is 1600. The normalized spacial score (nSPS) is 11.1. The van der Waals surface area contributed by atoms with Crippen molar-refractivity contribution in [3.8, 4) is 5.75 Å². The van der Waals surface area contributed by atoms with E-state index in [0.717, 1.165) is 28.6 Å². The Kier molecular flexibility index (Phi) is 6.17. The number of carbonyl (C=O) groups is 2. The minimum Gasteiger partial charge on any atom is -0.481 e. The highest BCUT2D eigenvalue weighted by atomic mass is 16.5. The second kappa shape index (κ2) is 9.58. The molecule has 1 heterocycles. The predicted octanol–water partition coefficient (Wildman–Crippen LogP) is 5.30. The van der Waals surface area contributed by atoms with Gasteiger partial charge in [0.15, 0.2) is 6.61 Å². The summed E-state index contributed by atoms with van der Waals surface area (Å²) in [5.41, 5.74) is 12.3. The van der Waals surface area contributed by atoms with Crippen molar-refractivity contribution in [2.45, 2.75) is 19.9 Å². The second-order valence-electron chi connectivity index (χ2n) is 8.97. The molecule has 0 atom stereocenters. The number of fused-ring (bicyclic) bond motifs is 3. The number of carbonyl (C=O) groups excluding carboxylic acids is 1. The Morgan fingerprint density at radius 3 is 2.31 bits per heavy atom. The highest BCUT2D eigenvalue weighted by Gasteiger charge is 2.21. The number of aliphatic carboxylic acids is 1. The van der Waals surface area contributed by atoms with Crippen LogP contribution < -0.4 is 10.5 Å². The maximum Gasteiger partial charge on any atom is 0.341 e. The minimum absolute atomic E-state index is 0.373. The number of benzene rings is 4. The van der Waals surface area contributed by atoms with Crippen LogP contribution in [0.15, 0.2) is 84.9 Å². The summed E-state index contributed by atoms with van der Waals surface area (Å²) in [5, 5.41) is 10.6. The Labute approximate surface area is 208 Å². The molecule has 0 radical (unpaired) electrons. The number of aromatic nitrogens is 1. The Balaban J connectivity index is 1.66. The van der Waals surface area contributed by atoms with Crippen LogP contribution in [-0.4, -0.2) is 28.2 Å². The van der Waals surface area contributed by atoms with E-state index in [4.69, 9.17) is 10.5 Å². The standard InChI is InChI=1S/C30H26N2O4/c1-19-13-25-29(26(14-19)36-18-27(33)34)28-23(30(31)35)11-6-12-24(28)32(25)17-22-10-5-9-21(16-22)15-20-7-3-2-4-8-20/h2-14,16H,15,17-18H2,1H3,(H2,31,35)(H,33,34). The van der Waals surface area contributed by atoms with Crippen molar-refractivity contribution in [1.82, 2.24) is 4.57 Å². The van der Waals surface area contributed by atoms with Gasteiger partial charge in [0.1, 0.15) is 5.75 Å². The molecule has 5 aromatic rings. The van der Waals surface area contributed by atoms with Gasteiger partial charge < -0.3 is 20.1 Å². The Morgan fingerprint density at radius 2 is 1.56 bits per heavy atom. The van der Waals surface area contributed by atoms with E-state index < -0.39 is 18.5 Å². The molecule has 0 aliphatic carbocycles. The molecule has 1 amide bonds. The highest BCUT2D eigenvalue weighted by Crippen LogP contribution is 2.39. The summed E-state index contributed by atoms with van der Waals surface area (Å²) in [6, 6.07) is 28.1. The lowest BCUT2D eigenvalue weighted by atomic mass is 10.0. The van der Waals surface area contributed by atoms with Crippen LogP contribution >= 0.6 is 0 Å². The molecule has 180 valence electrons. The molecular formula is C30H26N2O4. The number of hydrogen-bond donors (Lipinski definition) is 2. The first kappa shape index (κ1) is 23.2. The predicted molar refractivity (Wildman–Crippen MR) is 141 cm³/mol. The number of carboxylic acids is 1. The number of hydrogen-bond acceptors (Lipinski definition) is 3. The van der Waals surface area contributed by atoms with Crippen LogP contribution in [0.3, 0.4) is 0 Å². The Morgan fingerprint density at radius 1 is 0.833 bits per heavy atom. The lowest BCUT2D eigenvalue weighted by Crippen LogP contribution is -2.11. The summed E-state index contributed by atoms with van der Waals surface area (Å²) < 4.78 is 7.83. The van der Waals surface area contributed by atoms with Gasteiger partial charge in [-0.05, 0) is 59.9 Å². The fraction of sp³-hybridized carbons (Fsp3) is 0.133. The van der Waals surface area contributed by atoms with Gasteiger partial charge in [0.2, 0.25) is 5.91 Å². The van der Waals surface area contributed by atoms with Gasteiger partial charge in [0, 0.05) is 17.5 Å². The molecule has 36 heavy (non-hydrogen) atoms. The van der Waals surface area contributed by atoms with Crippen molar-refractivity contribution in [2.24, 2.45) is 5.73 Å². The lowest BCUT2D eigenvalue weighted by Gasteiger charge is -2.11. The van der Waals surface area contributed by atoms with E-state index in [1.165, 1.54) is 11.1 Å². The number of primary amides is 1. The molecule has 0 spiro atoms. The molecule has 0 bridgehead atoms. The molecule has 0 saturated carbocycles. The fourth-order valence-corrected chi connectivity index (χ4v) is 4.84. The molecule has 4 aromatic carbocycles. The number of rotatable bonds is 8. The first-order chi connectivity index (χ1) is 17.4. The summed E-state index contributed by atoms with van der Waals surface area (Å²) in [5.74, 6) is -1.20. The molecule has 0 aliphatic heterocycles. The Hall–Kier alpha value is -4.58. The van der Waals surface area contributed by atoms with Crippen LogP contribution in [0.4, 0.5) is 0 Å². The zero-order chi connectivity index (χ0) is 25.2. The average Bonchev–Trinajstić information content (AvgIpc) is 3.16. The van der Waals surface area contributed by atoms with Gasteiger partial charge >= 0.3 is 5.97 Å². The van der Waals surface area contributed by atoms with Crippen molar-refractivity contribution < 1.29 is 19.4 Å². The van der Waals surface area contributed by atoms with Crippen molar-refractivity contribution in [3.63, 3.8) is 0 Å². The quantitative estimate of drug-likeness (QED) is 0.316. The van der Waals surface area contributed by atoms with Crippen LogP contribution in [0.1, 0.15) is 32.6 Å². The van der Waals surface area contributed by atoms with Crippen molar-refractivity contribution in [3.05, 3.63) is 113 Å². The van der Waals surface area contributed by atoms with Crippen molar-refractivity contribution >= 4 is 33.7 Å². The molecule has 0 unspecified atom stereocenters. The molecule has 1 aromatic heterocycles. The van der Waals surface area contributed by atoms with E-state index in [9.17, 15) is 14.7 Å². The average molecular weight is 479 g/mol. The van der Waals surface area contributed by atoms with Gasteiger partial charge in [-0.1, -0.05) is 60.7 Å². The molecule has 0 saturated heterocycles. The van der Waals surface area contributed by atoms with Gasteiger partial charge in [0.05, 0.1) is 16.4 Å². The highest BCUT2D eigenvalue weighted by molar-refractivity contribution is 6.19. The van der Waals surface area contributed by atoms with Gasteiger partial charge in [-0.2, -0.15) is 0 Å². The van der Waals surface area contributed by atoms with Crippen LogP contribution in [0.25, 0.3) is 21.8 Å². The van der Waals surface area contributed by atoms with E-state index in [1.54, 1.807) is 12.1 Å². The zero-order valence-corrected chi connectivity index (χ0v) is 19.9. The summed E-state index contributed by atoms with van der Waals surface area (Å²) in [6.07, 6.45) is 0.833. The fourth-order valence-electron chi connectivity index (χ4n) is 4.84. The van der Waals surface area contributed by atoms with E-state index in [0.29, 0.717) is 28.6 Å². The van der Waals surface area contributed by atoms with Crippen LogP contribution in [0.2, 0.25) is 0 Å². The number of amides is 1. The maximum absolute atomic E-state index is 12.4. The molecule has 6 nitrogen and oxygen atoms in total. The second-order valence-corrected chi connectivity index (χ2v) is 8.97. The molecule has 6 heteroatoms. The van der Waals surface area contributed by atoms with Crippen LogP contribution in [0, 0.1) is 6.92 Å². The third kappa shape index (κ3) is 4.53. The molecule has 3 N–H and O–H groups in total. The summed E-state index contributed by atoms with van der Waals surface area (Å²) in [7, 11) is 0. The molecule has 0 aliphatic rings. The SMILES string of the molecule is Cc1cc(OCC(=O)O)c2c3c(C(N)=O)cccc3n(Cc3cccc(Cc4ccccc4)c3)c2c1. The summed E-state index contributed by atoms with van der Waals surface area (Å²) >= 11 is 0. The zero-order valence-electron chi connectivity index (χ0n) is 19.9. The van der Waals surface area contributed by atoms with Gasteiger partial charge in [-0.15, -0.1) is 0 Å². The summed E-state index contributed by atoms with van der Waals surface area (Å²) in [4.78, 5) is 23.6. The number of nitrogens with zero attached hydrogens (tertiary/aromatic N) is 1. The van der Waals surface area contributed by atoms with E-state index in [1.807, 2.05) is 43.3 Å². The topological polar surface area (TPSA) is 94.6 Å². The first-order valence-corrected chi connectivity index (χ1v) is 11.7. The molecule has 5 rings (SSSR count). The monoisotopic (exact) mass is 478 g/mol. The smallest absolute Gasteiger partial charge is 0.341 e. The number of carboxylic acid groups (broad SMARTS) is 1. The van der Waals surface area contributed by atoms with E-state index in [2.05, 4.69) is 41.0 Å². The third-order valence-electron chi connectivity index (χ3n) is 6.30. The molecule has 0 fully saturated rings. The summed E-state index contributed by atoms with van der Waals surface area (Å²) in [6.45, 7) is 2.02. The maximum atomic E-state index is 12.4. The lowest BCUT2D eigenvalue weighted by molar-refractivity contribution is -0.139. The van der Waals surface area contributed by atoms with E-state index >= 15 is 0 Å². The molecular weight excluding hydrogens is 452 g/mol. The number of ether oxygens (including phenoxy) is 1. The number of nitrogens with two attached hydrogens (primary N) is 1.